The van der Waals surface area contributed by atoms with Gasteiger partial charge in [0, 0.05) is 0 Å². The van der Waals surface area contributed by atoms with Crippen LogP contribution in [0.4, 0.5) is 0 Å². The van der Waals surface area contributed by atoms with E-state index in [0.717, 1.165) is 0 Å². The lowest BCUT2D eigenvalue weighted by Gasteiger charge is -1.92. The number of aryl methyl sites for hydroxylation is 1. The van der Waals surface area contributed by atoms with Crippen molar-refractivity contribution in [3.05, 3.63) is 41.0 Å². The summed E-state index contributed by atoms with van der Waals surface area (Å²) in [5.74, 6) is 0. The van der Waals surface area contributed by atoms with Crippen molar-refractivity contribution in [1.29, 1.82) is 0 Å². The zero-order valence-corrected chi connectivity index (χ0v) is 6.80. The molecule has 0 heteroatoms. The Balaban J connectivity index is 2.25. The number of benzene rings is 1. The van der Waals surface area contributed by atoms with Gasteiger partial charge in [-0.2, -0.15) is 0 Å². The molecule has 1 saturated carbocycles. The molecular formula is C11H12. The minimum atomic E-state index is 1.31. The van der Waals surface area contributed by atoms with Crippen LogP contribution in [0.3, 0.4) is 0 Å². The first-order valence-corrected chi connectivity index (χ1v) is 4.11. The van der Waals surface area contributed by atoms with E-state index in [2.05, 4.69) is 37.3 Å². The van der Waals surface area contributed by atoms with Crippen LogP contribution in [0.5, 0.6) is 0 Å². The van der Waals surface area contributed by atoms with E-state index in [4.69, 9.17) is 0 Å². The quantitative estimate of drug-likeness (QED) is 0.568. The molecule has 1 aromatic rings. The third-order valence-corrected chi connectivity index (χ3v) is 1.99. The fraction of sp³-hybridized carbons (Fsp3) is 0.273. The highest BCUT2D eigenvalue weighted by atomic mass is 14.1. The van der Waals surface area contributed by atoms with Crippen molar-refractivity contribution in [3.8, 4) is 0 Å². The van der Waals surface area contributed by atoms with Crippen LogP contribution in [0.15, 0.2) is 29.8 Å². The third kappa shape index (κ3) is 1.70. The Hall–Kier alpha value is -1.04. The summed E-state index contributed by atoms with van der Waals surface area (Å²) in [5.41, 5.74) is 4.28. The predicted molar refractivity (Wildman–Crippen MR) is 48.4 cm³/mol. The second kappa shape index (κ2) is 2.54. The number of rotatable bonds is 1. The molecule has 1 fully saturated rings. The maximum absolute atomic E-state index is 2.29. The van der Waals surface area contributed by atoms with Gasteiger partial charge in [-0.15, -0.1) is 0 Å². The summed E-state index contributed by atoms with van der Waals surface area (Å²) in [5, 5.41) is 0. The lowest BCUT2D eigenvalue weighted by Crippen LogP contribution is -1.72. The summed E-state index contributed by atoms with van der Waals surface area (Å²) >= 11 is 0. The summed E-state index contributed by atoms with van der Waals surface area (Å²) in [4.78, 5) is 0. The van der Waals surface area contributed by atoms with E-state index in [1.54, 1.807) is 5.57 Å². The molecule has 1 aromatic carbocycles. The molecule has 56 valence electrons. The number of allylic oxidation sites excluding steroid dienone is 1. The van der Waals surface area contributed by atoms with E-state index >= 15 is 0 Å². The Morgan fingerprint density at radius 1 is 1.09 bits per heavy atom. The summed E-state index contributed by atoms with van der Waals surface area (Å²) in [6, 6.07) is 8.69. The normalized spacial score (nSPS) is 14.8. The van der Waals surface area contributed by atoms with Crippen molar-refractivity contribution in [2.24, 2.45) is 0 Å². The lowest BCUT2D eigenvalue weighted by molar-refractivity contribution is 1.46. The Bertz CT molecular complexity index is 271. The van der Waals surface area contributed by atoms with Gasteiger partial charge in [0.1, 0.15) is 0 Å². The van der Waals surface area contributed by atoms with Crippen LogP contribution in [0, 0.1) is 6.92 Å². The topological polar surface area (TPSA) is 0 Å². The average Bonchev–Trinajstić information content (AvgIpc) is 2.78. The van der Waals surface area contributed by atoms with Gasteiger partial charge in [0.05, 0.1) is 0 Å². The van der Waals surface area contributed by atoms with Gasteiger partial charge in [0.15, 0.2) is 0 Å². The molecule has 0 atom stereocenters. The van der Waals surface area contributed by atoms with Crippen molar-refractivity contribution in [2.75, 3.05) is 0 Å². The van der Waals surface area contributed by atoms with Crippen molar-refractivity contribution in [3.63, 3.8) is 0 Å². The van der Waals surface area contributed by atoms with E-state index in [9.17, 15) is 0 Å². The molecule has 0 amide bonds. The van der Waals surface area contributed by atoms with Gasteiger partial charge in [-0.3, -0.25) is 0 Å². The molecule has 0 unspecified atom stereocenters. The van der Waals surface area contributed by atoms with Gasteiger partial charge < -0.3 is 0 Å². The molecule has 0 saturated heterocycles. The van der Waals surface area contributed by atoms with Crippen LogP contribution in [0.1, 0.15) is 24.0 Å². The Morgan fingerprint density at radius 3 is 2.27 bits per heavy atom. The minimum absolute atomic E-state index is 1.31. The first-order chi connectivity index (χ1) is 5.34. The average molecular weight is 144 g/mol. The van der Waals surface area contributed by atoms with E-state index in [0.29, 0.717) is 0 Å². The summed E-state index contributed by atoms with van der Waals surface area (Å²) < 4.78 is 0. The number of hydrogen-bond acceptors (Lipinski definition) is 0. The largest absolute Gasteiger partial charge is 0.0690 e. The second-order valence-corrected chi connectivity index (χ2v) is 3.21. The predicted octanol–water partition coefficient (Wildman–Crippen LogP) is 3.17. The van der Waals surface area contributed by atoms with Gasteiger partial charge in [0.25, 0.3) is 0 Å². The molecule has 1 aliphatic carbocycles. The first kappa shape index (κ1) is 6.66. The zero-order chi connectivity index (χ0) is 7.68. The van der Waals surface area contributed by atoms with Crippen LogP contribution in [-0.2, 0) is 0 Å². The molecule has 0 aromatic heterocycles. The van der Waals surface area contributed by atoms with E-state index in [1.807, 2.05) is 0 Å². The molecular weight excluding hydrogens is 132 g/mol. The number of hydrogen-bond donors (Lipinski definition) is 0. The summed E-state index contributed by atoms with van der Waals surface area (Å²) in [6.07, 6.45) is 4.92. The molecule has 0 heterocycles. The Labute approximate surface area is 67.6 Å². The molecule has 11 heavy (non-hydrogen) atoms. The maximum atomic E-state index is 2.29. The molecule has 0 nitrogen and oxygen atoms in total. The molecule has 0 N–H and O–H groups in total. The fourth-order valence-corrected chi connectivity index (χ4v) is 1.11. The van der Waals surface area contributed by atoms with Crippen LogP contribution < -0.4 is 0 Å². The zero-order valence-electron chi connectivity index (χ0n) is 6.80. The van der Waals surface area contributed by atoms with Gasteiger partial charge in [-0.25, -0.2) is 0 Å². The van der Waals surface area contributed by atoms with Crippen molar-refractivity contribution in [2.45, 2.75) is 19.8 Å². The van der Waals surface area contributed by atoms with Crippen molar-refractivity contribution >= 4 is 6.08 Å². The van der Waals surface area contributed by atoms with Crippen LogP contribution in [-0.4, -0.2) is 0 Å². The van der Waals surface area contributed by atoms with Gasteiger partial charge in [-0.1, -0.05) is 41.5 Å². The molecule has 1 aliphatic rings. The fourth-order valence-electron chi connectivity index (χ4n) is 1.11. The van der Waals surface area contributed by atoms with Crippen LogP contribution >= 0.6 is 0 Å². The SMILES string of the molecule is Cc1ccc(C=C2CC2)cc1. The summed E-state index contributed by atoms with van der Waals surface area (Å²) in [6.45, 7) is 2.12. The highest BCUT2D eigenvalue weighted by Gasteiger charge is 2.09. The standard InChI is InChI=1S/C11H12/c1-9-2-4-10(5-3-9)8-11-6-7-11/h2-5,8H,6-7H2,1H3. The second-order valence-electron chi connectivity index (χ2n) is 3.21. The molecule has 0 radical (unpaired) electrons. The Morgan fingerprint density at radius 2 is 1.73 bits per heavy atom. The molecule has 2 rings (SSSR count). The molecule has 0 spiro atoms. The van der Waals surface area contributed by atoms with Crippen LogP contribution in [0.25, 0.3) is 6.08 Å². The van der Waals surface area contributed by atoms with Crippen LogP contribution in [0.2, 0.25) is 0 Å². The van der Waals surface area contributed by atoms with Gasteiger partial charge in [-0.05, 0) is 25.3 Å². The first-order valence-electron chi connectivity index (χ1n) is 4.11. The monoisotopic (exact) mass is 144 g/mol. The van der Waals surface area contributed by atoms with E-state index in [-0.39, 0.29) is 0 Å². The molecule has 0 aliphatic heterocycles. The van der Waals surface area contributed by atoms with E-state index in [1.165, 1.54) is 24.0 Å². The highest BCUT2D eigenvalue weighted by molar-refractivity contribution is 5.56. The lowest BCUT2D eigenvalue weighted by atomic mass is 10.1. The van der Waals surface area contributed by atoms with Crippen molar-refractivity contribution in [1.82, 2.24) is 0 Å². The smallest absolute Gasteiger partial charge is 0.0257 e. The van der Waals surface area contributed by atoms with Crippen molar-refractivity contribution < 1.29 is 0 Å². The summed E-state index contributed by atoms with van der Waals surface area (Å²) in [7, 11) is 0. The minimum Gasteiger partial charge on any atom is -0.0690 e. The Kier molecular flexibility index (Phi) is 1.54. The third-order valence-electron chi connectivity index (χ3n) is 1.99. The van der Waals surface area contributed by atoms with Gasteiger partial charge in [0.2, 0.25) is 0 Å². The van der Waals surface area contributed by atoms with E-state index < -0.39 is 0 Å². The van der Waals surface area contributed by atoms with Gasteiger partial charge >= 0.3 is 0 Å². The molecule has 0 bridgehead atoms. The highest BCUT2D eigenvalue weighted by Crippen LogP contribution is 2.29. The maximum Gasteiger partial charge on any atom is -0.0257 e.